The first-order valence-corrected chi connectivity index (χ1v) is 10.2. The van der Waals surface area contributed by atoms with E-state index < -0.39 is 36.6 Å². The van der Waals surface area contributed by atoms with E-state index in [4.69, 9.17) is 27.5 Å². The summed E-state index contributed by atoms with van der Waals surface area (Å²) in [5.74, 6) is 6.97. The van der Waals surface area contributed by atoms with Crippen LogP contribution in [-0.4, -0.2) is 36.6 Å². The third kappa shape index (κ3) is 3.65. The molecular formula is C22H28B2O6. The fourth-order valence-corrected chi connectivity index (χ4v) is 3.14. The Morgan fingerprint density at radius 2 is 0.833 bits per heavy atom. The Kier molecular flexibility index (Phi) is 4.83. The first kappa shape index (κ1) is 21.3. The zero-order valence-corrected chi connectivity index (χ0v) is 18.9. The standard InChI is InChI=1S/C22H28B2O6/c1-19(2)20(3,4)28-23(27-19)17-13-11-15(25-17)9-10-16-12-14-18(26-16)24-29-21(5,6)22(7,8)30-24/h11-14H,1-8H3. The van der Waals surface area contributed by atoms with Crippen molar-refractivity contribution in [3.63, 3.8) is 0 Å². The molecule has 2 aliphatic rings. The highest BCUT2D eigenvalue weighted by Crippen LogP contribution is 2.37. The largest absolute Gasteiger partial charge is 0.532 e. The molecule has 158 valence electrons. The summed E-state index contributed by atoms with van der Waals surface area (Å²) in [6.45, 7) is 16.0. The molecular weight excluding hydrogens is 382 g/mol. The number of hydrogen-bond donors (Lipinski definition) is 0. The molecule has 6 nitrogen and oxygen atoms in total. The second-order valence-electron chi connectivity index (χ2n) is 9.83. The second-order valence-corrected chi connectivity index (χ2v) is 9.83. The van der Waals surface area contributed by atoms with Crippen molar-refractivity contribution in [2.24, 2.45) is 0 Å². The van der Waals surface area contributed by atoms with Gasteiger partial charge < -0.3 is 27.5 Å². The van der Waals surface area contributed by atoms with Crippen LogP contribution in [0.3, 0.4) is 0 Å². The predicted octanol–water partition coefficient (Wildman–Crippen LogP) is 2.87. The molecule has 0 saturated carbocycles. The van der Waals surface area contributed by atoms with Gasteiger partial charge in [0, 0.05) is 0 Å². The summed E-state index contributed by atoms with van der Waals surface area (Å²) in [6, 6.07) is 7.24. The molecule has 8 heteroatoms. The maximum Gasteiger partial charge on any atom is 0.532 e. The van der Waals surface area contributed by atoms with Crippen LogP contribution in [0.15, 0.2) is 33.1 Å². The Bertz CT molecular complexity index is 894. The molecule has 4 rings (SSSR count). The average Bonchev–Trinajstić information content (AvgIpc) is 3.33. The van der Waals surface area contributed by atoms with E-state index in [0.29, 0.717) is 22.8 Å². The van der Waals surface area contributed by atoms with Gasteiger partial charge in [-0.15, -0.1) is 0 Å². The lowest BCUT2D eigenvalue weighted by Crippen LogP contribution is -2.41. The van der Waals surface area contributed by atoms with Crippen molar-refractivity contribution in [2.45, 2.75) is 77.8 Å². The van der Waals surface area contributed by atoms with E-state index >= 15 is 0 Å². The molecule has 2 saturated heterocycles. The molecule has 0 aromatic carbocycles. The smallest absolute Gasteiger partial charge is 0.456 e. The molecule has 2 aromatic rings. The third-order valence-corrected chi connectivity index (χ3v) is 6.53. The van der Waals surface area contributed by atoms with Gasteiger partial charge in [0.1, 0.15) is 11.3 Å². The van der Waals surface area contributed by atoms with Gasteiger partial charge in [-0.1, -0.05) is 0 Å². The fraction of sp³-hybridized carbons (Fsp3) is 0.545. The Hall–Kier alpha value is -1.91. The highest BCUT2D eigenvalue weighted by molar-refractivity contribution is 6.61. The lowest BCUT2D eigenvalue weighted by atomic mass is 9.86. The fourth-order valence-electron chi connectivity index (χ4n) is 3.14. The molecule has 0 radical (unpaired) electrons. The van der Waals surface area contributed by atoms with Crippen LogP contribution in [0.4, 0.5) is 0 Å². The van der Waals surface area contributed by atoms with E-state index in [-0.39, 0.29) is 0 Å². The summed E-state index contributed by atoms with van der Waals surface area (Å²) in [5.41, 5.74) is -0.503. The Labute approximate surface area is 178 Å². The third-order valence-electron chi connectivity index (χ3n) is 6.53. The molecule has 0 N–H and O–H groups in total. The summed E-state index contributed by atoms with van der Waals surface area (Å²) in [5, 5.41) is 0. The van der Waals surface area contributed by atoms with E-state index in [1.807, 2.05) is 67.5 Å². The monoisotopic (exact) mass is 410 g/mol. The van der Waals surface area contributed by atoms with Crippen molar-refractivity contribution in [1.82, 2.24) is 0 Å². The zero-order valence-electron chi connectivity index (χ0n) is 18.9. The molecule has 0 atom stereocenters. The minimum absolute atomic E-state index is 0.422. The van der Waals surface area contributed by atoms with Crippen LogP contribution in [0.1, 0.15) is 66.9 Å². The molecule has 0 aliphatic carbocycles. The van der Waals surface area contributed by atoms with E-state index in [9.17, 15) is 0 Å². The average molecular weight is 410 g/mol. The van der Waals surface area contributed by atoms with Crippen molar-refractivity contribution in [3.05, 3.63) is 35.8 Å². The van der Waals surface area contributed by atoms with E-state index in [2.05, 4.69) is 11.8 Å². The van der Waals surface area contributed by atoms with E-state index in [0.717, 1.165) is 0 Å². The van der Waals surface area contributed by atoms with Crippen LogP contribution in [0, 0.1) is 11.8 Å². The zero-order chi connectivity index (χ0) is 21.9. The summed E-state index contributed by atoms with van der Waals surface area (Å²) in [4.78, 5) is 0. The van der Waals surface area contributed by atoms with Gasteiger partial charge in [0.25, 0.3) is 0 Å². The molecule has 4 heterocycles. The topological polar surface area (TPSA) is 63.2 Å². The van der Waals surface area contributed by atoms with Crippen LogP contribution in [-0.2, 0) is 18.6 Å². The van der Waals surface area contributed by atoms with Crippen molar-refractivity contribution in [2.75, 3.05) is 0 Å². The van der Waals surface area contributed by atoms with E-state index in [1.165, 1.54) is 0 Å². The molecule has 30 heavy (non-hydrogen) atoms. The molecule has 0 bridgehead atoms. The van der Waals surface area contributed by atoms with Gasteiger partial charge in [-0.2, -0.15) is 0 Å². The van der Waals surface area contributed by atoms with Crippen LogP contribution in [0.5, 0.6) is 0 Å². The summed E-state index contributed by atoms with van der Waals surface area (Å²) in [6.07, 6.45) is 0. The molecule has 0 spiro atoms. The van der Waals surface area contributed by atoms with E-state index in [1.54, 1.807) is 12.1 Å². The van der Waals surface area contributed by atoms with Gasteiger partial charge in [-0.3, -0.25) is 0 Å². The predicted molar refractivity (Wildman–Crippen MR) is 115 cm³/mol. The summed E-state index contributed by atoms with van der Waals surface area (Å²) in [7, 11) is -1.10. The first-order chi connectivity index (χ1) is 13.8. The van der Waals surface area contributed by atoms with Gasteiger partial charge in [0.2, 0.25) is 0 Å². The van der Waals surface area contributed by atoms with Crippen LogP contribution >= 0.6 is 0 Å². The van der Waals surface area contributed by atoms with Crippen LogP contribution in [0.2, 0.25) is 0 Å². The van der Waals surface area contributed by atoms with Crippen LogP contribution in [0.25, 0.3) is 0 Å². The highest BCUT2D eigenvalue weighted by atomic mass is 16.7. The summed E-state index contributed by atoms with van der Waals surface area (Å²) < 4.78 is 35.7. The summed E-state index contributed by atoms with van der Waals surface area (Å²) >= 11 is 0. The number of rotatable bonds is 2. The molecule has 2 aromatic heterocycles. The van der Waals surface area contributed by atoms with Crippen molar-refractivity contribution in [3.8, 4) is 11.8 Å². The van der Waals surface area contributed by atoms with Crippen molar-refractivity contribution >= 4 is 25.6 Å². The minimum atomic E-state index is -0.552. The number of hydrogen-bond acceptors (Lipinski definition) is 6. The number of furan rings is 2. The Balaban J connectivity index is 1.45. The van der Waals surface area contributed by atoms with Gasteiger partial charge in [-0.25, -0.2) is 0 Å². The van der Waals surface area contributed by atoms with Crippen molar-refractivity contribution in [1.29, 1.82) is 0 Å². The van der Waals surface area contributed by atoms with Crippen molar-refractivity contribution < 1.29 is 27.5 Å². The van der Waals surface area contributed by atoms with Gasteiger partial charge in [-0.05, 0) is 91.5 Å². The SMILES string of the molecule is CC1(C)OB(c2ccc(C#Cc3ccc(B4OC(C)(C)C(C)(C)O4)o3)o2)OC1(C)C. The Morgan fingerprint density at radius 1 is 0.533 bits per heavy atom. The van der Waals surface area contributed by atoms with Gasteiger partial charge >= 0.3 is 14.2 Å². The molecule has 2 aliphatic heterocycles. The van der Waals surface area contributed by atoms with Crippen LogP contribution < -0.4 is 11.3 Å². The lowest BCUT2D eigenvalue weighted by Gasteiger charge is -2.32. The van der Waals surface area contributed by atoms with Gasteiger partial charge in [0.05, 0.1) is 22.4 Å². The molecule has 2 fully saturated rings. The Morgan fingerprint density at radius 3 is 1.13 bits per heavy atom. The minimum Gasteiger partial charge on any atom is -0.456 e. The normalized spacial score (nSPS) is 23.5. The second kappa shape index (κ2) is 6.80. The maximum absolute atomic E-state index is 6.01. The molecule has 0 unspecified atom stereocenters. The maximum atomic E-state index is 6.01. The first-order valence-electron chi connectivity index (χ1n) is 10.2. The highest BCUT2D eigenvalue weighted by Gasteiger charge is 2.54. The van der Waals surface area contributed by atoms with Gasteiger partial charge in [0.15, 0.2) is 11.5 Å². The lowest BCUT2D eigenvalue weighted by molar-refractivity contribution is 0.00578. The molecule has 0 amide bonds. The quantitative estimate of drug-likeness (QED) is 0.561.